The molecule has 0 fully saturated rings. The molecule has 0 aromatic heterocycles. The summed E-state index contributed by atoms with van der Waals surface area (Å²) < 4.78 is 0. The van der Waals surface area contributed by atoms with Crippen molar-refractivity contribution in [1.82, 2.24) is 0 Å². The molecule has 0 saturated heterocycles. The summed E-state index contributed by atoms with van der Waals surface area (Å²) in [7, 11) is 0. The summed E-state index contributed by atoms with van der Waals surface area (Å²) in [5.74, 6) is -0.754. The second-order valence-corrected chi connectivity index (χ2v) is 7.68. The molecule has 0 aliphatic rings. The fraction of sp³-hybridized carbons (Fsp3) is 0.667. The minimum Gasteiger partial charge on any atom is -0.481 e. The lowest BCUT2D eigenvalue weighted by atomic mass is 9.81. The Labute approximate surface area is 142 Å². The van der Waals surface area contributed by atoms with Gasteiger partial charge in [0.05, 0.1) is 6.42 Å². The van der Waals surface area contributed by atoms with Crippen LogP contribution >= 0.6 is 0 Å². The van der Waals surface area contributed by atoms with E-state index < -0.39 is 5.97 Å². The molecular weight excluding hydrogens is 284 g/mol. The highest BCUT2D eigenvalue weighted by atomic mass is 16.4. The maximum atomic E-state index is 10.9. The third kappa shape index (κ3) is 7.67. The molecule has 1 aromatic carbocycles. The number of aryl methyl sites for hydroxylation is 1. The zero-order valence-corrected chi connectivity index (χ0v) is 15.5. The van der Waals surface area contributed by atoms with Crippen LogP contribution in [0.25, 0.3) is 0 Å². The molecule has 0 saturated carbocycles. The Hall–Kier alpha value is -1.31. The molecule has 0 radical (unpaired) electrons. The quantitative estimate of drug-likeness (QED) is 0.545. The van der Waals surface area contributed by atoms with Gasteiger partial charge in [0, 0.05) is 0 Å². The summed E-state index contributed by atoms with van der Waals surface area (Å²) >= 11 is 0. The summed E-state index contributed by atoms with van der Waals surface area (Å²) in [6.45, 7) is 8.94. The van der Waals surface area contributed by atoms with Crippen LogP contribution in [0.5, 0.6) is 0 Å². The van der Waals surface area contributed by atoms with Crippen molar-refractivity contribution in [2.24, 2.45) is 0 Å². The number of aliphatic carboxylic acids is 1. The minimum atomic E-state index is -0.754. The third-order valence-electron chi connectivity index (χ3n) is 4.38. The normalized spacial score (nSPS) is 11.7. The fourth-order valence-corrected chi connectivity index (χ4v) is 3.14. The Bertz CT molecular complexity index is 483. The fourth-order valence-electron chi connectivity index (χ4n) is 3.14. The lowest BCUT2D eigenvalue weighted by Crippen LogP contribution is -2.15. The van der Waals surface area contributed by atoms with E-state index in [1.807, 2.05) is 6.07 Å². The van der Waals surface area contributed by atoms with Crippen LogP contribution in [0.4, 0.5) is 0 Å². The molecule has 0 unspecified atom stereocenters. The molecule has 1 rings (SSSR count). The zero-order valence-electron chi connectivity index (χ0n) is 15.5. The molecule has 1 N–H and O–H groups in total. The third-order valence-corrected chi connectivity index (χ3v) is 4.38. The largest absolute Gasteiger partial charge is 0.481 e. The molecule has 1 aromatic rings. The van der Waals surface area contributed by atoms with Crippen LogP contribution in [0.2, 0.25) is 0 Å². The maximum absolute atomic E-state index is 10.9. The second-order valence-electron chi connectivity index (χ2n) is 7.68. The van der Waals surface area contributed by atoms with Gasteiger partial charge in [-0.3, -0.25) is 4.79 Å². The van der Waals surface area contributed by atoms with E-state index in [0.717, 1.165) is 12.0 Å². The lowest BCUT2D eigenvalue weighted by Gasteiger charge is -2.23. The van der Waals surface area contributed by atoms with Gasteiger partial charge in [0.15, 0.2) is 0 Å². The van der Waals surface area contributed by atoms with Gasteiger partial charge in [-0.25, -0.2) is 0 Å². The van der Waals surface area contributed by atoms with E-state index >= 15 is 0 Å². The highest BCUT2D eigenvalue weighted by Gasteiger charge is 2.18. The second kappa shape index (κ2) is 9.75. The summed E-state index contributed by atoms with van der Waals surface area (Å²) in [4.78, 5) is 10.9. The van der Waals surface area contributed by atoms with Gasteiger partial charge in [-0.1, -0.05) is 84.4 Å². The predicted molar refractivity (Wildman–Crippen MR) is 98.2 cm³/mol. The van der Waals surface area contributed by atoms with Gasteiger partial charge < -0.3 is 5.11 Å². The first-order valence-corrected chi connectivity index (χ1v) is 9.18. The molecule has 2 heteroatoms. The average molecular weight is 319 g/mol. The number of carbonyl (C=O) groups is 1. The van der Waals surface area contributed by atoms with Crippen LogP contribution in [0, 0.1) is 0 Å². The van der Waals surface area contributed by atoms with Gasteiger partial charge in [-0.05, 0) is 34.9 Å². The van der Waals surface area contributed by atoms with Crippen LogP contribution in [0.3, 0.4) is 0 Å². The number of carboxylic acid groups (broad SMARTS) is 1. The maximum Gasteiger partial charge on any atom is 0.307 e. The first-order valence-electron chi connectivity index (χ1n) is 9.18. The van der Waals surface area contributed by atoms with Crippen molar-refractivity contribution in [2.45, 2.75) is 90.9 Å². The van der Waals surface area contributed by atoms with Gasteiger partial charge in [0.1, 0.15) is 0 Å². The van der Waals surface area contributed by atoms with Crippen molar-refractivity contribution >= 4 is 5.97 Å². The number of unbranched alkanes of at least 4 members (excludes halogenated alkanes) is 6. The summed E-state index contributed by atoms with van der Waals surface area (Å²) in [6, 6.07) is 6.23. The number of hydrogen-bond acceptors (Lipinski definition) is 1. The van der Waals surface area contributed by atoms with Crippen molar-refractivity contribution < 1.29 is 9.90 Å². The lowest BCUT2D eigenvalue weighted by molar-refractivity contribution is -0.136. The predicted octanol–water partition coefficient (Wildman–Crippen LogP) is 5.90. The Morgan fingerprint density at radius 2 is 1.61 bits per heavy atom. The molecule has 130 valence electrons. The zero-order chi connectivity index (χ0) is 17.3. The van der Waals surface area contributed by atoms with E-state index in [1.165, 1.54) is 56.1 Å². The topological polar surface area (TPSA) is 37.3 Å². The highest BCUT2D eigenvalue weighted by Crippen LogP contribution is 2.28. The Balaban J connectivity index is 2.64. The van der Waals surface area contributed by atoms with Gasteiger partial charge >= 0.3 is 5.97 Å². The number of hydrogen-bond donors (Lipinski definition) is 1. The van der Waals surface area contributed by atoms with Crippen LogP contribution in [-0.2, 0) is 23.1 Å². The number of benzene rings is 1. The van der Waals surface area contributed by atoms with E-state index in [4.69, 9.17) is 5.11 Å². The number of carboxylic acids is 1. The molecular formula is C21H34O2. The van der Waals surface area contributed by atoms with E-state index in [2.05, 4.69) is 39.8 Å². The summed E-state index contributed by atoms with van der Waals surface area (Å²) in [5.41, 5.74) is 3.73. The monoisotopic (exact) mass is 318 g/mol. The van der Waals surface area contributed by atoms with Crippen LogP contribution < -0.4 is 0 Å². The molecule has 23 heavy (non-hydrogen) atoms. The van der Waals surface area contributed by atoms with Crippen molar-refractivity contribution in [3.05, 3.63) is 34.9 Å². The van der Waals surface area contributed by atoms with Gasteiger partial charge in [-0.15, -0.1) is 0 Å². The van der Waals surface area contributed by atoms with Crippen molar-refractivity contribution in [2.75, 3.05) is 0 Å². The van der Waals surface area contributed by atoms with Crippen LogP contribution in [-0.4, -0.2) is 11.1 Å². The molecule has 0 atom stereocenters. The van der Waals surface area contributed by atoms with Crippen molar-refractivity contribution in [1.29, 1.82) is 0 Å². The average Bonchev–Trinajstić information content (AvgIpc) is 2.44. The molecule has 0 spiro atoms. The minimum absolute atomic E-state index is 0.109. The van der Waals surface area contributed by atoms with Gasteiger partial charge in [0.25, 0.3) is 0 Å². The van der Waals surface area contributed by atoms with E-state index in [0.29, 0.717) is 0 Å². The van der Waals surface area contributed by atoms with Crippen molar-refractivity contribution in [3.63, 3.8) is 0 Å². The van der Waals surface area contributed by atoms with E-state index in [-0.39, 0.29) is 11.8 Å². The van der Waals surface area contributed by atoms with E-state index in [1.54, 1.807) is 0 Å². The molecule has 0 aliphatic heterocycles. The summed E-state index contributed by atoms with van der Waals surface area (Å²) in [5, 5.41) is 9.00. The smallest absolute Gasteiger partial charge is 0.307 e. The van der Waals surface area contributed by atoms with Crippen molar-refractivity contribution in [3.8, 4) is 0 Å². The Kier molecular flexibility index (Phi) is 8.36. The number of rotatable bonds is 10. The van der Waals surface area contributed by atoms with Crippen LogP contribution in [0.1, 0.15) is 89.3 Å². The first kappa shape index (κ1) is 19.7. The molecule has 0 aliphatic carbocycles. The molecule has 0 amide bonds. The SMILES string of the molecule is CCCCCCCCCc1cc(CC(=O)O)ccc1C(C)(C)C. The highest BCUT2D eigenvalue weighted by molar-refractivity contribution is 5.70. The molecule has 2 nitrogen and oxygen atoms in total. The van der Waals surface area contributed by atoms with Crippen LogP contribution in [0.15, 0.2) is 18.2 Å². The Morgan fingerprint density at radius 3 is 2.17 bits per heavy atom. The standard InChI is InChI=1S/C21H34O2/c1-5-6-7-8-9-10-11-12-18-15-17(16-20(22)23)13-14-19(18)21(2,3)4/h13-15H,5-12,16H2,1-4H3,(H,22,23). The van der Waals surface area contributed by atoms with E-state index in [9.17, 15) is 4.79 Å². The molecule has 0 heterocycles. The summed E-state index contributed by atoms with van der Waals surface area (Å²) in [6.07, 6.45) is 10.3. The first-order chi connectivity index (χ1) is 10.8. The Morgan fingerprint density at radius 1 is 1.00 bits per heavy atom. The van der Waals surface area contributed by atoms with Gasteiger partial charge in [0.2, 0.25) is 0 Å². The van der Waals surface area contributed by atoms with Gasteiger partial charge in [-0.2, -0.15) is 0 Å². The molecule has 0 bridgehead atoms.